The van der Waals surface area contributed by atoms with Crippen molar-refractivity contribution in [3.63, 3.8) is 0 Å². The Balaban J connectivity index is 1.93. The molecule has 2 rings (SSSR count). The summed E-state index contributed by atoms with van der Waals surface area (Å²) in [6.07, 6.45) is 6.24. The average Bonchev–Trinajstić information content (AvgIpc) is 2.53. The van der Waals surface area contributed by atoms with Crippen LogP contribution in [0.1, 0.15) is 32.1 Å². The fraction of sp³-hybridized carbons (Fsp3) is 1.00. The lowest BCUT2D eigenvalue weighted by Gasteiger charge is -2.26. The van der Waals surface area contributed by atoms with E-state index in [2.05, 4.69) is 0 Å². The van der Waals surface area contributed by atoms with Gasteiger partial charge in [-0.25, -0.2) is 0 Å². The Morgan fingerprint density at radius 2 is 1.60 bits per heavy atom. The van der Waals surface area contributed by atoms with Crippen molar-refractivity contribution < 1.29 is 0 Å². The third-order valence-corrected chi connectivity index (χ3v) is 3.28. The first kappa shape index (κ1) is 6.62. The Morgan fingerprint density at radius 3 is 2.00 bits per heavy atom. The monoisotopic (exact) mass is 140 g/mol. The second kappa shape index (κ2) is 1.95. The third-order valence-electron chi connectivity index (χ3n) is 3.28. The largest absolute Gasteiger partial charge is 0.328 e. The molecule has 0 amide bonds. The van der Waals surface area contributed by atoms with Crippen LogP contribution in [0.4, 0.5) is 0 Å². The standard InChI is InChI=1S/C8H16N2/c9-6-1-3-8(4-2-6)5-7(8)10/h6-7H,1-5,9-10H2. The summed E-state index contributed by atoms with van der Waals surface area (Å²) in [5.41, 5.74) is 12.2. The maximum atomic E-state index is 5.84. The van der Waals surface area contributed by atoms with Gasteiger partial charge in [-0.2, -0.15) is 0 Å². The van der Waals surface area contributed by atoms with Crippen molar-refractivity contribution in [2.24, 2.45) is 16.9 Å². The van der Waals surface area contributed by atoms with Crippen LogP contribution in [0.5, 0.6) is 0 Å². The summed E-state index contributed by atoms with van der Waals surface area (Å²) in [6, 6.07) is 0.985. The molecule has 0 aromatic rings. The molecule has 2 aliphatic rings. The summed E-state index contributed by atoms with van der Waals surface area (Å²) in [7, 11) is 0. The molecule has 0 aliphatic heterocycles. The van der Waals surface area contributed by atoms with E-state index in [1.807, 2.05) is 0 Å². The van der Waals surface area contributed by atoms with Gasteiger partial charge in [-0.3, -0.25) is 0 Å². The highest BCUT2D eigenvalue weighted by Gasteiger charge is 2.52. The van der Waals surface area contributed by atoms with Gasteiger partial charge in [-0.05, 0) is 37.5 Å². The Labute approximate surface area is 62.0 Å². The van der Waals surface area contributed by atoms with E-state index in [0.717, 1.165) is 0 Å². The van der Waals surface area contributed by atoms with E-state index < -0.39 is 0 Å². The van der Waals surface area contributed by atoms with Gasteiger partial charge < -0.3 is 11.5 Å². The lowest BCUT2D eigenvalue weighted by atomic mass is 9.83. The van der Waals surface area contributed by atoms with Gasteiger partial charge in [0.15, 0.2) is 0 Å². The molecule has 10 heavy (non-hydrogen) atoms. The zero-order chi connectivity index (χ0) is 7.19. The van der Waals surface area contributed by atoms with Crippen LogP contribution in [-0.4, -0.2) is 12.1 Å². The molecule has 0 aromatic carbocycles. The van der Waals surface area contributed by atoms with E-state index in [9.17, 15) is 0 Å². The van der Waals surface area contributed by atoms with Gasteiger partial charge in [0.1, 0.15) is 0 Å². The summed E-state index contributed by atoms with van der Waals surface area (Å²) in [4.78, 5) is 0. The van der Waals surface area contributed by atoms with Crippen LogP contribution in [-0.2, 0) is 0 Å². The molecule has 58 valence electrons. The second-order valence-electron chi connectivity index (χ2n) is 4.01. The highest BCUT2D eigenvalue weighted by Crippen LogP contribution is 2.54. The van der Waals surface area contributed by atoms with Gasteiger partial charge in [0, 0.05) is 12.1 Å². The average molecular weight is 140 g/mol. The van der Waals surface area contributed by atoms with E-state index in [-0.39, 0.29) is 0 Å². The quantitative estimate of drug-likeness (QED) is 0.518. The molecule has 2 nitrogen and oxygen atoms in total. The lowest BCUT2D eigenvalue weighted by molar-refractivity contribution is 0.297. The van der Waals surface area contributed by atoms with E-state index in [1.54, 1.807) is 0 Å². The van der Waals surface area contributed by atoms with Gasteiger partial charge in [-0.15, -0.1) is 0 Å². The minimum atomic E-state index is 0.471. The van der Waals surface area contributed by atoms with Gasteiger partial charge in [0.25, 0.3) is 0 Å². The van der Waals surface area contributed by atoms with Crippen molar-refractivity contribution in [1.82, 2.24) is 0 Å². The van der Waals surface area contributed by atoms with Crippen LogP contribution < -0.4 is 11.5 Å². The summed E-state index contributed by atoms with van der Waals surface area (Å²) >= 11 is 0. The minimum absolute atomic E-state index is 0.471. The smallest absolute Gasteiger partial charge is 0.0102 e. The maximum Gasteiger partial charge on any atom is 0.0102 e. The third kappa shape index (κ3) is 0.867. The molecule has 4 N–H and O–H groups in total. The summed E-state index contributed by atoms with van der Waals surface area (Å²) in [5.74, 6) is 0. The molecule has 0 aromatic heterocycles. The fourth-order valence-corrected chi connectivity index (χ4v) is 2.17. The number of nitrogens with two attached hydrogens (primary N) is 2. The molecular weight excluding hydrogens is 124 g/mol. The summed E-state index contributed by atoms with van der Waals surface area (Å²) < 4.78 is 0. The van der Waals surface area contributed by atoms with E-state index in [1.165, 1.54) is 32.1 Å². The predicted octanol–water partition coefficient (Wildman–Crippen LogP) is 0.605. The highest BCUT2D eigenvalue weighted by atomic mass is 14.8. The van der Waals surface area contributed by atoms with Crippen molar-refractivity contribution in [3.05, 3.63) is 0 Å². The zero-order valence-corrected chi connectivity index (χ0v) is 6.34. The van der Waals surface area contributed by atoms with Gasteiger partial charge in [-0.1, -0.05) is 0 Å². The summed E-state index contributed by atoms with van der Waals surface area (Å²) in [5, 5.41) is 0. The molecule has 1 unspecified atom stereocenters. The van der Waals surface area contributed by atoms with Crippen LogP contribution in [0.2, 0.25) is 0 Å². The molecular formula is C8H16N2. The van der Waals surface area contributed by atoms with Crippen LogP contribution in [0, 0.1) is 5.41 Å². The predicted molar refractivity (Wildman–Crippen MR) is 41.5 cm³/mol. The van der Waals surface area contributed by atoms with Crippen LogP contribution in [0.15, 0.2) is 0 Å². The molecule has 0 saturated heterocycles. The first-order chi connectivity index (χ1) is 4.73. The molecule has 1 spiro atoms. The van der Waals surface area contributed by atoms with Crippen molar-refractivity contribution in [2.75, 3.05) is 0 Å². The minimum Gasteiger partial charge on any atom is -0.328 e. The van der Waals surface area contributed by atoms with E-state index in [4.69, 9.17) is 11.5 Å². The van der Waals surface area contributed by atoms with Crippen molar-refractivity contribution in [2.45, 2.75) is 44.2 Å². The first-order valence-corrected chi connectivity index (χ1v) is 4.24. The fourth-order valence-electron chi connectivity index (χ4n) is 2.17. The first-order valence-electron chi connectivity index (χ1n) is 4.24. The van der Waals surface area contributed by atoms with Crippen LogP contribution >= 0.6 is 0 Å². The molecule has 1 atom stereocenters. The molecule has 0 bridgehead atoms. The zero-order valence-electron chi connectivity index (χ0n) is 6.34. The maximum absolute atomic E-state index is 5.84. The van der Waals surface area contributed by atoms with E-state index in [0.29, 0.717) is 17.5 Å². The Morgan fingerprint density at radius 1 is 1.10 bits per heavy atom. The second-order valence-corrected chi connectivity index (χ2v) is 4.01. The van der Waals surface area contributed by atoms with Gasteiger partial charge in [0.2, 0.25) is 0 Å². The van der Waals surface area contributed by atoms with Crippen LogP contribution in [0.25, 0.3) is 0 Å². The highest BCUT2D eigenvalue weighted by molar-refractivity contribution is 5.08. The van der Waals surface area contributed by atoms with Crippen molar-refractivity contribution in [3.8, 4) is 0 Å². The lowest BCUT2D eigenvalue weighted by Crippen LogP contribution is -2.29. The van der Waals surface area contributed by atoms with Gasteiger partial charge in [0.05, 0.1) is 0 Å². The Hall–Kier alpha value is -0.0800. The van der Waals surface area contributed by atoms with E-state index >= 15 is 0 Å². The normalized spacial score (nSPS) is 53.4. The molecule has 2 heteroatoms. The molecule has 2 fully saturated rings. The number of hydrogen-bond acceptors (Lipinski definition) is 2. The molecule has 2 aliphatic carbocycles. The Bertz CT molecular complexity index is 136. The SMILES string of the molecule is NC1CCC2(CC1)CC2N. The van der Waals surface area contributed by atoms with Crippen molar-refractivity contribution in [1.29, 1.82) is 0 Å². The van der Waals surface area contributed by atoms with Crippen molar-refractivity contribution >= 4 is 0 Å². The number of hydrogen-bond donors (Lipinski definition) is 2. The Kier molecular flexibility index (Phi) is 1.29. The molecule has 2 saturated carbocycles. The van der Waals surface area contributed by atoms with Crippen LogP contribution in [0.3, 0.4) is 0 Å². The van der Waals surface area contributed by atoms with Gasteiger partial charge >= 0.3 is 0 Å². The molecule has 0 radical (unpaired) electrons. The number of rotatable bonds is 0. The summed E-state index contributed by atoms with van der Waals surface area (Å²) in [6.45, 7) is 0. The molecule has 0 heterocycles. The topological polar surface area (TPSA) is 52.0 Å².